The molecule has 2 aliphatic carbocycles. The van der Waals surface area contributed by atoms with E-state index in [4.69, 9.17) is 0 Å². The normalized spacial score (nSPS) is 39.5. The standard InChI is InChI=1S/C14H24O/c1-11(15)14-7-5-4-6-12(14)10-13(2,3)8-9-14/h12H,4-10H2,1-3H3. The molecule has 0 heterocycles. The number of fused-ring (bicyclic) bond motifs is 1. The van der Waals surface area contributed by atoms with Crippen LogP contribution in [0.5, 0.6) is 0 Å². The Morgan fingerprint density at radius 1 is 1.13 bits per heavy atom. The third kappa shape index (κ3) is 1.86. The molecule has 0 aromatic rings. The van der Waals surface area contributed by atoms with Crippen LogP contribution in [0.2, 0.25) is 0 Å². The van der Waals surface area contributed by atoms with Gasteiger partial charge in [-0.15, -0.1) is 0 Å². The molecule has 0 saturated heterocycles. The van der Waals surface area contributed by atoms with Crippen molar-refractivity contribution in [3.05, 3.63) is 0 Å². The lowest BCUT2D eigenvalue weighted by Crippen LogP contribution is -2.46. The van der Waals surface area contributed by atoms with Crippen LogP contribution >= 0.6 is 0 Å². The van der Waals surface area contributed by atoms with E-state index in [1.54, 1.807) is 0 Å². The van der Waals surface area contributed by atoms with Crippen molar-refractivity contribution in [2.75, 3.05) is 0 Å². The average Bonchev–Trinajstić information content (AvgIpc) is 2.16. The summed E-state index contributed by atoms with van der Waals surface area (Å²) in [4.78, 5) is 12.0. The van der Waals surface area contributed by atoms with Crippen LogP contribution in [0.1, 0.15) is 65.7 Å². The van der Waals surface area contributed by atoms with Crippen LogP contribution in [0.4, 0.5) is 0 Å². The van der Waals surface area contributed by atoms with Gasteiger partial charge in [0.15, 0.2) is 0 Å². The Kier molecular flexibility index (Phi) is 2.68. The van der Waals surface area contributed by atoms with E-state index in [0.29, 0.717) is 17.1 Å². The molecule has 0 aromatic carbocycles. The van der Waals surface area contributed by atoms with E-state index in [2.05, 4.69) is 13.8 Å². The van der Waals surface area contributed by atoms with Gasteiger partial charge in [0.25, 0.3) is 0 Å². The first-order valence-electron chi connectivity index (χ1n) is 6.47. The fourth-order valence-corrected chi connectivity index (χ4v) is 3.91. The Balaban J connectivity index is 2.23. The van der Waals surface area contributed by atoms with Crippen LogP contribution in [0.3, 0.4) is 0 Å². The molecule has 0 aromatic heterocycles. The molecule has 0 aliphatic heterocycles. The second-order valence-electron chi connectivity index (χ2n) is 6.52. The first kappa shape index (κ1) is 11.2. The predicted molar refractivity (Wildman–Crippen MR) is 62.7 cm³/mol. The summed E-state index contributed by atoms with van der Waals surface area (Å²) in [6.07, 6.45) is 8.74. The first-order valence-corrected chi connectivity index (χ1v) is 6.47. The number of hydrogen-bond acceptors (Lipinski definition) is 1. The number of ketones is 1. The smallest absolute Gasteiger partial charge is 0.136 e. The van der Waals surface area contributed by atoms with E-state index in [-0.39, 0.29) is 5.41 Å². The van der Waals surface area contributed by atoms with Gasteiger partial charge in [-0.2, -0.15) is 0 Å². The van der Waals surface area contributed by atoms with Crippen LogP contribution in [0, 0.1) is 16.7 Å². The van der Waals surface area contributed by atoms with Crippen molar-refractivity contribution in [3.8, 4) is 0 Å². The molecule has 0 radical (unpaired) electrons. The molecule has 1 nitrogen and oxygen atoms in total. The summed E-state index contributed by atoms with van der Waals surface area (Å²) in [5, 5.41) is 0. The minimum absolute atomic E-state index is 0.0910. The highest BCUT2D eigenvalue weighted by atomic mass is 16.1. The Morgan fingerprint density at radius 2 is 1.87 bits per heavy atom. The summed E-state index contributed by atoms with van der Waals surface area (Å²) in [6.45, 7) is 6.56. The first-order chi connectivity index (χ1) is 6.96. The van der Waals surface area contributed by atoms with Gasteiger partial charge in [0, 0.05) is 5.41 Å². The predicted octanol–water partition coefficient (Wildman–Crippen LogP) is 3.96. The minimum Gasteiger partial charge on any atom is -0.299 e. The molecule has 2 saturated carbocycles. The molecule has 2 atom stereocenters. The van der Waals surface area contributed by atoms with Gasteiger partial charge in [-0.05, 0) is 50.4 Å². The topological polar surface area (TPSA) is 17.1 Å². The van der Waals surface area contributed by atoms with Gasteiger partial charge in [0.1, 0.15) is 5.78 Å². The van der Waals surface area contributed by atoms with Gasteiger partial charge in [0.2, 0.25) is 0 Å². The van der Waals surface area contributed by atoms with Crippen molar-refractivity contribution >= 4 is 5.78 Å². The van der Waals surface area contributed by atoms with Gasteiger partial charge in [-0.1, -0.05) is 26.7 Å². The van der Waals surface area contributed by atoms with Crippen molar-refractivity contribution in [2.45, 2.75) is 65.7 Å². The Hall–Kier alpha value is -0.330. The molecular weight excluding hydrogens is 184 g/mol. The molecule has 1 heteroatoms. The van der Waals surface area contributed by atoms with Crippen molar-refractivity contribution in [1.29, 1.82) is 0 Å². The van der Waals surface area contributed by atoms with Crippen molar-refractivity contribution in [1.82, 2.24) is 0 Å². The van der Waals surface area contributed by atoms with E-state index in [0.717, 1.165) is 6.42 Å². The largest absolute Gasteiger partial charge is 0.299 e. The van der Waals surface area contributed by atoms with Crippen molar-refractivity contribution < 1.29 is 4.79 Å². The molecule has 86 valence electrons. The molecule has 15 heavy (non-hydrogen) atoms. The summed E-state index contributed by atoms with van der Waals surface area (Å²) >= 11 is 0. The van der Waals surface area contributed by atoms with Crippen LogP contribution < -0.4 is 0 Å². The third-order valence-corrected chi connectivity index (χ3v) is 4.95. The maximum absolute atomic E-state index is 12.0. The van der Waals surface area contributed by atoms with Gasteiger partial charge < -0.3 is 0 Å². The summed E-state index contributed by atoms with van der Waals surface area (Å²) in [5.74, 6) is 1.16. The van der Waals surface area contributed by atoms with Crippen molar-refractivity contribution in [2.24, 2.45) is 16.7 Å². The second-order valence-corrected chi connectivity index (χ2v) is 6.52. The molecule has 0 bridgehead atoms. The SMILES string of the molecule is CC(=O)C12CCCCC1CC(C)(C)CC2. The Labute approximate surface area is 93.6 Å². The van der Waals surface area contributed by atoms with Gasteiger partial charge in [0.05, 0.1) is 0 Å². The van der Waals surface area contributed by atoms with E-state index in [1.165, 1.54) is 38.5 Å². The third-order valence-electron chi connectivity index (χ3n) is 4.95. The van der Waals surface area contributed by atoms with E-state index < -0.39 is 0 Å². The number of rotatable bonds is 1. The monoisotopic (exact) mass is 208 g/mol. The highest BCUT2D eigenvalue weighted by molar-refractivity contribution is 5.83. The van der Waals surface area contributed by atoms with Crippen molar-refractivity contribution in [3.63, 3.8) is 0 Å². The molecular formula is C14H24O. The highest BCUT2D eigenvalue weighted by Gasteiger charge is 2.49. The molecule has 2 rings (SSSR count). The van der Waals surface area contributed by atoms with E-state index in [1.807, 2.05) is 6.92 Å². The number of carbonyl (C=O) groups excluding carboxylic acids is 1. The molecule has 2 fully saturated rings. The summed E-state index contributed by atoms with van der Waals surface area (Å²) in [6, 6.07) is 0. The summed E-state index contributed by atoms with van der Waals surface area (Å²) in [7, 11) is 0. The van der Waals surface area contributed by atoms with Crippen LogP contribution in [-0.2, 0) is 4.79 Å². The maximum Gasteiger partial charge on any atom is 0.136 e. The molecule has 0 spiro atoms. The maximum atomic E-state index is 12.0. The highest BCUT2D eigenvalue weighted by Crippen LogP contribution is 2.55. The number of hydrogen-bond donors (Lipinski definition) is 0. The zero-order valence-corrected chi connectivity index (χ0v) is 10.4. The van der Waals surface area contributed by atoms with Gasteiger partial charge >= 0.3 is 0 Å². The zero-order chi connectivity index (χ0) is 11.1. The fourth-order valence-electron chi connectivity index (χ4n) is 3.91. The lowest BCUT2D eigenvalue weighted by atomic mass is 9.53. The fraction of sp³-hybridized carbons (Fsp3) is 0.929. The van der Waals surface area contributed by atoms with E-state index in [9.17, 15) is 4.79 Å². The number of carbonyl (C=O) groups is 1. The van der Waals surface area contributed by atoms with Crippen LogP contribution in [0.25, 0.3) is 0 Å². The Morgan fingerprint density at radius 3 is 2.53 bits per heavy atom. The van der Waals surface area contributed by atoms with E-state index >= 15 is 0 Å². The minimum atomic E-state index is 0.0910. The lowest BCUT2D eigenvalue weighted by Gasteiger charge is -2.51. The zero-order valence-electron chi connectivity index (χ0n) is 10.4. The molecule has 2 unspecified atom stereocenters. The summed E-state index contributed by atoms with van der Waals surface area (Å²) < 4.78 is 0. The molecule has 0 N–H and O–H groups in total. The average molecular weight is 208 g/mol. The van der Waals surface area contributed by atoms with Crippen LogP contribution in [0.15, 0.2) is 0 Å². The van der Waals surface area contributed by atoms with Gasteiger partial charge in [-0.3, -0.25) is 4.79 Å². The lowest BCUT2D eigenvalue weighted by molar-refractivity contribution is -0.137. The van der Waals surface area contributed by atoms with Crippen LogP contribution in [-0.4, -0.2) is 5.78 Å². The quantitative estimate of drug-likeness (QED) is 0.637. The number of Topliss-reactive ketones (excluding diaryl/α,β-unsaturated/α-hetero) is 1. The molecule has 0 amide bonds. The molecule has 2 aliphatic rings. The summed E-state index contributed by atoms with van der Waals surface area (Å²) in [5.41, 5.74) is 0.564. The van der Waals surface area contributed by atoms with Gasteiger partial charge in [-0.25, -0.2) is 0 Å². The second kappa shape index (κ2) is 3.61. The Bertz CT molecular complexity index is 267.